The SMILES string of the molecule is CCC(CC)(CNC)CN1CCSC(C)C1C. The Kier molecular flexibility index (Phi) is 6.32. The first-order valence-corrected chi connectivity index (χ1v) is 8.13. The second-order valence-electron chi connectivity index (χ2n) is 5.52. The molecule has 1 aliphatic heterocycles. The van der Waals surface area contributed by atoms with E-state index in [-0.39, 0.29) is 0 Å². The quantitative estimate of drug-likeness (QED) is 0.789. The van der Waals surface area contributed by atoms with Crippen molar-refractivity contribution in [3.05, 3.63) is 0 Å². The number of nitrogens with zero attached hydrogens (tertiary/aromatic N) is 1. The fraction of sp³-hybridized carbons (Fsp3) is 1.00. The summed E-state index contributed by atoms with van der Waals surface area (Å²) in [6.45, 7) is 13.1. The molecule has 0 aliphatic carbocycles. The summed E-state index contributed by atoms with van der Waals surface area (Å²) in [5.41, 5.74) is 0.463. The van der Waals surface area contributed by atoms with E-state index in [2.05, 4.69) is 56.7 Å². The summed E-state index contributed by atoms with van der Waals surface area (Å²) in [4.78, 5) is 2.71. The lowest BCUT2D eigenvalue weighted by Gasteiger charge is -2.44. The van der Waals surface area contributed by atoms with E-state index >= 15 is 0 Å². The van der Waals surface area contributed by atoms with E-state index in [0.29, 0.717) is 5.41 Å². The summed E-state index contributed by atoms with van der Waals surface area (Å²) >= 11 is 2.13. The third-order valence-electron chi connectivity index (χ3n) is 4.60. The molecular formula is C14H30N2S. The van der Waals surface area contributed by atoms with Crippen molar-refractivity contribution in [3.63, 3.8) is 0 Å². The summed E-state index contributed by atoms with van der Waals surface area (Å²) in [6, 6.07) is 0.725. The van der Waals surface area contributed by atoms with Crippen molar-refractivity contribution in [2.45, 2.75) is 51.8 Å². The average molecular weight is 258 g/mol. The van der Waals surface area contributed by atoms with Crippen molar-refractivity contribution in [2.24, 2.45) is 5.41 Å². The molecule has 17 heavy (non-hydrogen) atoms. The predicted molar refractivity (Wildman–Crippen MR) is 79.9 cm³/mol. The van der Waals surface area contributed by atoms with Gasteiger partial charge in [0.15, 0.2) is 0 Å². The van der Waals surface area contributed by atoms with Crippen LogP contribution in [0.25, 0.3) is 0 Å². The van der Waals surface area contributed by atoms with Crippen molar-refractivity contribution in [2.75, 3.05) is 32.4 Å². The Morgan fingerprint density at radius 3 is 2.47 bits per heavy atom. The van der Waals surface area contributed by atoms with Crippen molar-refractivity contribution in [1.29, 1.82) is 0 Å². The van der Waals surface area contributed by atoms with Crippen LogP contribution in [0.15, 0.2) is 0 Å². The first-order chi connectivity index (χ1) is 8.08. The first kappa shape index (κ1) is 15.3. The molecule has 1 heterocycles. The Morgan fingerprint density at radius 1 is 1.29 bits per heavy atom. The summed E-state index contributed by atoms with van der Waals surface area (Å²) in [7, 11) is 2.08. The molecule has 0 aromatic rings. The lowest BCUT2D eigenvalue weighted by Crippen LogP contribution is -2.51. The van der Waals surface area contributed by atoms with E-state index in [0.717, 1.165) is 17.8 Å². The molecule has 3 heteroatoms. The molecule has 2 nitrogen and oxygen atoms in total. The minimum atomic E-state index is 0.463. The molecule has 102 valence electrons. The number of hydrogen-bond acceptors (Lipinski definition) is 3. The maximum absolute atomic E-state index is 3.39. The fourth-order valence-electron chi connectivity index (χ4n) is 2.80. The smallest absolute Gasteiger partial charge is 0.0184 e. The lowest BCUT2D eigenvalue weighted by atomic mass is 9.81. The zero-order valence-corrected chi connectivity index (χ0v) is 13.1. The van der Waals surface area contributed by atoms with Gasteiger partial charge >= 0.3 is 0 Å². The van der Waals surface area contributed by atoms with Crippen LogP contribution in [-0.4, -0.2) is 48.6 Å². The van der Waals surface area contributed by atoms with Gasteiger partial charge in [0.2, 0.25) is 0 Å². The molecule has 1 rings (SSSR count). The average Bonchev–Trinajstić information content (AvgIpc) is 2.34. The molecule has 1 fully saturated rings. The van der Waals surface area contributed by atoms with Gasteiger partial charge in [-0.2, -0.15) is 11.8 Å². The molecule has 0 amide bonds. The summed E-state index contributed by atoms with van der Waals surface area (Å²) in [6.07, 6.45) is 2.55. The maximum atomic E-state index is 3.39. The molecule has 0 aromatic carbocycles. The maximum Gasteiger partial charge on any atom is 0.0184 e. The number of rotatable bonds is 6. The minimum absolute atomic E-state index is 0.463. The molecule has 0 bridgehead atoms. The Balaban J connectivity index is 2.65. The van der Waals surface area contributed by atoms with Gasteiger partial charge in [-0.25, -0.2) is 0 Å². The van der Waals surface area contributed by atoms with Crippen molar-refractivity contribution < 1.29 is 0 Å². The molecule has 2 atom stereocenters. The van der Waals surface area contributed by atoms with E-state index in [1.807, 2.05) is 0 Å². The number of thioether (sulfide) groups is 1. The fourth-order valence-corrected chi connectivity index (χ4v) is 3.97. The van der Waals surface area contributed by atoms with Gasteiger partial charge in [-0.15, -0.1) is 0 Å². The second kappa shape index (κ2) is 7.01. The Morgan fingerprint density at radius 2 is 1.94 bits per heavy atom. The molecule has 1 aliphatic rings. The molecule has 1 N–H and O–H groups in total. The summed E-state index contributed by atoms with van der Waals surface area (Å²) in [5, 5.41) is 4.18. The molecule has 1 saturated heterocycles. The van der Waals surface area contributed by atoms with Crippen LogP contribution in [0.2, 0.25) is 0 Å². The van der Waals surface area contributed by atoms with Crippen LogP contribution in [0.1, 0.15) is 40.5 Å². The summed E-state index contributed by atoms with van der Waals surface area (Å²) in [5.74, 6) is 1.30. The van der Waals surface area contributed by atoms with Crippen LogP contribution >= 0.6 is 11.8 Å². The van der Waals surface area contributed by atoms with Crippen LogP contribution < -0.4 is 5.32 Å². The predicted octanol–water partition coefficient (Wildman–Crippen LogP) is 2.84. The van der Waals surface area contributed by atoms with E-state index in [9.17, 15) is 0 Å². The number of nitrogens with one attached hydrogen (secondary N) is 1. The summed E-state index contributed by atoms with van der Waals surface area (Å²) < 4.78 is 0. The molecule has 0 aromatic heterocycles. The molecule has 2 unspecified atom stereocenters. The van der Waals surface area contributed by atoms with Crippen molar-refractivity contribution in [1.82, 2.24) is 10.2 Å². The molecule has 0 radical (unpaired) electrons. The molecule has 0 spiro atoms. The first-order valence-electron chi connectivity index (χ1n) is 7.09. The Bertz CT molecular complexity index is 216. The highest BCUT2D eigenvalue weighted by Gasteiger charge is 2.33. The van der Waals surface area contributed by atoms with E-state index < -0.39 is 0 Å². The number of hydrogen-bond donors (Lipinski definition) is 1. The topological polar surface area (TPSA) is 15.3 Å². The highest BCUT2D eigenvalue weighted by Crippen LogP contribution is 2.31. The Hall–Kier alpha value is 0.270. The van der Waals surface area contributed by atoms with Gasteiger partial charge in [0, 0.05) is 36.7 Å². The van der Waals surface area contributed by atoms with Gasteiger partial charge in [0.25, 0.3) is 0 Å². The normalized spacial score (nSPS) is 27.4. The van der Waals surface area contributed by atoms with Gasteiger partial charge < -0.3 is 5.32 Å². The Labute approximate surface area is 112 Å². The zero-order valence-electron chi connectivity index (χ0n) is 12.3. The zero-order chi connectivity index (χ0) is 12.9. The van der Waals surface area contributed by atoms with E-state index in [1.54, 1.807) is 0 Å². The molecular weight excluding hydrogens is 228 g/mol. The van der Waals surface area contributed by atoms with Crippen molar-refractivity contribution in [3.8, 4) is 0 Å². The molecule has 0 saturated carbocycles. The third-order valence-corrected chi connectivity index (χ3v) is 5.94. The van der Waals surface area contributed by atoms with Gasteiger partial charge in [-0.1, -0.05) is 20.8 Å². The van der Waals surface area contributed by atoms with Gasteiger partial charge in [0.05, 0.1) is 0 Å². The van der Waals surface area contributed by atoms with Crippen LogP contribution in [0.4, 0.5) is 0 Å². The van der Waals surface area contributed by atoms with Gasteiger partial charge in [-0.05, 0) is 32.2 Å². The minimum Gasteiger partial charge on any atom is -0.319 e. The standard InChI is InChI=1S/C14H30N2S/c1-6-14(7-2,10-15-5)11-16-8-9-17-13(4)12(16)3/h12-13,15H,6-11H2,1-5H3. The second-order valence-corrected chi connectivity index (χ2v) is 7.01. The van der Waals surface area contributed by atoms with Gasteiger partial charge in [0.1, 0.15) is 0 Å². The highest BCUT2D eigenvalue weighted by molar-refractivity contribution is 8.00. The third kappa shape index (κ3) is 3.87. The largest absolute Gasteiger partial charge is 0.319 e. The highest BCUT2D eigenvalue weighted by atomic mass is 32.2. The van der Waals surface area contributed by atoms with Crippen LogP contribution in [0.5, 0.6) is 0 Å². The van der Waals surface area contributed by atoms with Crippen LogP contribution in [0, 0.1) is 5.41 Å². The van der Waals surface area contributed by atoms with Crippen LogP contribution in [-0.2, 0) is 0 Å². The van der Waals surface area contributed by atoms with E-state index in [4.69, 9.17) is 0 Å². The van der Waals surface area contributed by atoms with Crippen molar-refractivity contribution >= 4 is 11.8 Å². The monoisotopic (exact) mass is 258 g/mol. The van der Waals surface area contributed by atoms with Crippen LogP contribution in [0.3, 0.4) is 0 Å². The van der Waals surface area contributed by atoms with Gasteiger partial charge in [-0.3, -0.25) is 4.90 Å². The lowest BCUT2D eigenvalue weighted by molar-refractivity contribution is 0.108. The van der Waals surface area contributed by atoms with E-state index in [1.165, 1.54) is 31.7 Å².